The number of aliphatic hydroxyl groups excluding tert-OH is 7. The van der Waals surface area contributed by atoms with Crippen molar-refractivity contribution >= 4 is 10.8 Å². The number of rotatable bonds is 16. The highest BCUT2D eigenvalue weighted by atomic mass is 16.8. The van der Waals surface area contributed by atoms with Gasteiger partial charge in [0.05, 0.1) is 38.0 Å². The van der Waals surface area contributed by atoms with E-state index in [-0.39, 0.29) is 19.6 Å². The summed E-state index contributed by atoms with van der Waals surface area (Å²) in [5, 5.41) is 79.3. The number of benzene rings is 2. The van der Waals surface area contributed by atoms with E-state index in [0.29, 0.717) is 13.1 Å². The first kappa shape index (κ1) is 44.5. The molecule has 18 N–H and O–H groups in total. The smallest absolute Gasteiger partial charge is 0.187 e. The van der Waals surface area contributed by atoms with Crippen molar-refractivity contribution in [2.24, 2.45) is 28.7 Å². The molecule has 3 aliphatic heterocycles. The van der Waals surface area contributed by atoms with Crippen molar-refractivity contribution in [3.05, 3.63) is 48.0 Å². The molecule has 0 unspecified atom stereocenters. The zero-order valence-electron chi connectivity index (χ0n) is 31.5. The average Bonchev–Trinajstić information content (AvgIpc) is 3.54. The summed E-state index contributed by atoms with van der Waals surface area (Å²) < 4.78 is 42.8. The molecule has 322 valence electrons. The van der Waals surface area contributed by atoms with Gasteiger partial charge in [-0.15, -0.1) is 0 Å². The number of ether oxygens (including phenoxy) is 7. The van der Waals surface area contributed by atoms with E-state index in [1.807, 2.05) is 12.1 Å². The molecule has 4 aliphatic rings. The van der Waals surface area contributed by atoms with E-state index in [0.717, 1.165) is 22.8 Å². The van der Waals surface area contributed by atoms with Crippen LogP contribution in [0.1, 0.15) is 12.0 Å². The minimum Gasteiger partial charge on any atom is -0.394 e. The molecule has 6 rings (SSSR count). The van der Waals surface area contributed by atoms with Crippen molar-refractivity contribution in [2.75, 3.05) is 39.5 Å². The van der Waals surface area contributed by atoms with Crippen molar-refractivity contribution < 1.29 is 68.9 Å². The number of nitrogens with one attached hydrogen (secondary N) is 1. The Balaban J connectivity index is 1.18. The number of aliphatic hydroxyl groups is 7. The van der Waals surface area contributed by atoms with Gasteiger partial charge in [0.2, 0.25) is 0 Å². The first-order valence-electron chi connectivity index (χ1n) is 19.4. The van der Waals surface area contributed by atoms with Crippen LogP contribution in [0.25, 0.3) is 10.8 Å². The summed E-state index contributed by atoms with van der Waals surface area (Å²) in [7, 11) is 0. The molecule has 4 fully saturated rings. The van der Waals surface area contributed by atoms with Crippen LogP contribution >= 0.6 is 0 Å². The molecule has 57 heavy (non-hydrogen) atoms. The molecule has 0 amide bonds. The van der Waals surface area contributed by atoms with Crippen LogP contribution in [0.3, 0.4) is 0 Å². The van der Waals surface area contributed by atoms with E-state index in [1.165, 1.54) is 0 Å². The number of hydrogen-bond donors (Lipinski definition) is 13. The molecule has 1 saturated carbocycles. The quantitative estimate of drug-likeness (QED) is 0.0702. The third kappa shape index (κ3) is 9.93. The molecule has 0 radical (unpaired) electrons. The monoisotopic (exact) mass is 812 g/mol. The van der Waals surface area contributed by atoms with Gasteiger partial charge in [0, 0.05) is 25.2 Å². The summed E-state index contributed by atoms with van der Waals surface area (Å²) in [4.78, 5) is 0. The maximum atomic E-state index is 11.4. The molecule has 0 aromatic heterocycles. The SMILES string of the molecule is NC[C@@H]1O[C@H](O[C@H]2[C@@H](OCCNCCc3ccc4ccccc4c3)[C@H](O[C@@H]3[C@@H](O)[C@H](N)C[C@H](N)[C@H]3O[C@H]3O[C@H](CO)[C@@H](O)[C@H](O)[C@H]3N)O[C@@H]2CO)[C@H](N)[C@@H](O)[C@@H]1O. The molecule has 20 heteroatoms. The van der Waals surface area contributed by atoms with Gasteiger partial charge in [-0.25, -0.2) is 0 Å². The highest BCUT2D eigenvalue weighted by molar-refractivity contribution is 5.82. The zero-order valence-corrected chi connectivity index (χ0v) is 31.5. The molecule has 1 aliphatic carbocycles. The van der Waals surface area contributed by atoms with Crippen LogP contribution in [-0.2, 0) is 39.6 Å². The lowest BCUT2D eigenvalue weighted by atomic mass is 9.84. The van der Waals surface area contributed by atoms with Gasteiger partial charge >= 0.3 is 0 Å². The number of hydrogen-bond acceptors (Lipinski definition) is 20. The average molecular weight is 813 g/mol. The fourth-order valence-corrected chi connectivity index (χ4v) is 7.87. The Labute approximate surface area is 330 Å². The summed E-state index contributed by atoms with van der Waals surface area (Å²) >= 11 is 0. The second-order valence-corrected chi connectivity index (χ2v) is 15.2. The van der Waals surface area contributed by atoms with Gasteiger partial charge in [-0.05, 0) is 35.7 Å². The molecule has 0 spiro atoms. The highest BCUT2D eigenvalue weighted by Crippen LogP contribution is 2.35. The second kappa shape index (κ2) is 20.0. The normalized spacial score (nSPS) is 42.8. The minimum absolute atomic E-state index is 0.0803. The van der Waals surface area contributed by atoms with E-state index < -0.39 is 129 Å². The van der Waals surface area contributed by atoms with Gasteiger partial charge in [-0.2, -0.15) is 0 Å². The number of fused-ring (bicyclic) bond motifs is 1. The predicted octanol–water partition coefficient (Wildman–Crippen LogP) is -5.85. The molecule has 3 saturated heterocycles. The molecule has 0 bridgehead atoms. The van der Waals surface area contributed by atoms with E-state index in [1.54, 1.807) is 0 Å². The van der Waals surface area contributed by atoms with Crippen LogP contribution < -0.4 is 34.0 Å². The minimum atomic E-state index is -1.53. The molecule has 19 atom stereocenters. The van der Waals surface area contributed by atoms with Crippen molar-refractivity contribution in [3.63, 3.8) is 0 Å². The maximum absolute atomic E-state index is 11.4. The largest absolute Gasteiger partial charge is 0.394 e. The third-order valence-corrected chi connectivity index (χ3v) is 11.3. The van der Waals surface area contributed by atoms with E-state index >= 15 is 0 Å². The Morgan fingerprint density at radius 3 is 1.88 bits per heavy atom. The maximum Gasteiger partial charge on any atom is 0.187 e. The van der Waals surface area contributed by atoms with Crippen LogP contribution in [0.2, 0.25) is 0 Å². The van der Waals surface area contributed by atoms with Crippen molar-refractivity contribution in [2.45, 2.75) is 129 Å². The van der Waals surface area contributed by atoms with E-state index in [9.17, 15) is 35.7 Å². The zero-order chi connectivity index (χ0) is 41.0. The molecule has 2 aromatic carbocycles. The van der Waals surface area contributed by atoms with Crippen LogP contribution in [0.5, 0.6) is 0 Å². The summed E-state index contributed by atoms with van der Waals surface area (Å²) in [5.41, 5.74) is 32.1. The second-order valence-electron chi connectivity index (χ2n) is 15.2. The van der Waals surface area contributed by atoms with Gasteiger partial charge in [0.25, 0.3) is 0 Å². The van der Waals surface area contributed by atoms with Gasteiger partial charge < -0.3 is 103 Å². The van der Waals surface area contributed by atoms with Gasteiger partial charge in [-0.1, -0.05) is 42.5 Å². The summed E-state index contributed by atoms with van der Waals surface area (Å²) in [6, 6.07) is 10.2. The van der Waals surface area contributed by atoms with Crippen LogP contribution in [0.4, 0.5) is 0 Å². The lowest BCUT2D eigenvalue weighted by Crippen LogP contribution is -2.68. The standard InChI is InChI=1S/C37H60N6O14/c38-13-21-27(47)29(49)24(41)35(52-21)56-32-23(15-45)54-37(34(32)51-10-9-43-8-7-16-5-6-17-3-1-2-4-18(17)11-16)57-33-26(46)19(39)12-20(40)31(33)55-36-25(42)30(50)28(48)22(14-44)53-36/h1-6,11,19-37,43-50H,7-10,12-15,38-42H2/t19-,20+,21+,22-,23-,24-,25-,26+,27-,28-,29-,30-,31-,32-,33-,34-,35-,36-,37+/m1/s1. The molecule has 2 aromatic rings. The van der Waals surface area contributed by atoms with Crippen molar-refractivity contribution in [3.8, 4) is 0 Å². The van der Waals surface area contributed by atoms with Gasteiger partial charge in [-0.3, -0.25) is 0 Å². The lowest BCUT2D eigenvalue weighted by Gasteiger charge is -2.47. The highest BCUT2D eigenvalue weighted by Gasteiger charge is 2.55. The molecular formula is C37H60N6O14. The van der Waals surface area contributed by atoms with Crippen molar-refractivity contribution in [1.29, 1.82) is 0 Å². The van der Waals surface area contributed by atoms with Crippen LogP contribution in [0.15, 0.2) is 42.5 Å². The first-order valence-corrected chi connectivity index (χ1v) is 19.4. The summed E-state index contributed by atoms with van der Waals surface area (Å²) in [6.45, 7) is -0.309. The molecule has 20 nitrogen and oxygen atoms in total. The van der Waals surface area contributed by atoms with Crippen LogP contribution in [0, 0.1) is 0 Å². The van der Waals surface area contributed by atoms with Gasteiger partial charge in [0.15, 0.2) is 18.9 Å². The third-order valence-electron chi connectivity index (χ3n) is 11.3. The molecule has 3 heterocycles. The Kier molecular flexibility index (Phi) is 15.6. The van der Waals surface area contributed by atoms with Gasteiger partial charge in [0.1, 0.15) is 67.1 Å². The van der Waals surface area contributed by atoms with E-state index in [4.69, 9.17) is 61.8 Å². The van der Waals surface area contributed by atoms with Crippen LogP contribution in [-0.4, -0.2) is 191 Å². The fraction of sp³-hybridized carbons (Fsp3) is 0.730. The van der Waals surface area contributed by atoms with Crippen molar-refractivity contribution in [1.82, 2.24) is 5.32 Å². The summed E-state index contributed by atoms with van der Waals surface area (Å²) in [6.07, 6.45) is -18.7. The Morgan fingerprint density at radius 1 is 0.614 bits per heavy atom. The predicted molar refractivity (Wildman–Crippen MR) is 201 cm³/mol. The van der Waals surface area contributed by atoms with E-state index in [2.05, 4.69) is 35.6 Å². The first-order chi connectivity index (χ1) is 27.4. The lowest BCUT2D eigenvalue weighted by molar-refractivity contribution is -0.311. The number of nitrogens with two attached hydrogens (primary N) is 5. The summed E-state index contributed by atoms with van der Waals surface area (Å²) in [5.74, 6) is 0. The Bertz CT molecular complexity index is 1550. The fourth-order valence-electron chi connectivity index (χ4n) is 7.87. The molecular weight excluding hydrogens is 752 g/mol. The Morgan fingerprint density at radius 2 is 1.21 bits per heavy atom. The Hall–Kier alpha value is -2.10. The topological polar surface area (TPSA) is 348 Å².